The van der Waals surface area contributed by atoms with Gasteiger partial charge in [0.1, 0.15) is 5.82 Å². The molecule has 0 radical (unpaired) electrons. The molecule has 0 aliphatic carbocycles. The van der Waals surface area contributed by atoms with E-state index in [1.165, 1.54) is 12.1 Å². The van der Waals surface area contributed by atoms with Gasteiger partial charge in [0.2, 0.25) is 5.43 Å². The van der Waals surface area contributed by atoms with Gasteiger partial charge in [-0.1, -0.05) is 6.07 Å². The van der Waals surface area contributed by atoms with Crippen molar-refractivity contribution in [1.29, 1.82) is 0 Å². The molecule has 0 amide bonds. The van der Waals surface area contributed by atoms with Crippen LogP contribution in [0.25, 0.3) is 10.9 Å². The summed E-state index contributed by atoms with van der Waals surface area (Å²) in [5, 5.41) is 6.40. The molecule has 0 aliphatic heterocycles. The average molecular weight is 290 g/mol. The molecule has 0 aliphatic rings. The highest BCUT2D eigenvalue weighted by Gasteiger charge is 2.07. The van der Waals surface area contributed by atoms with E-state index in [4.69, 9.17) is 0 Å². The van der Waals surface area contributed by atoms with E-state index in [1.807, 2.05) is 0 Å². The second kappa shape index (κ2) is 3.06. The highest BCUT2D eigenvalue weighted by Crippen LogP contribution is 2.10. The summed E-state index contributed by atoms with van der Waals surface area (Å²) in [6.45, 7) is 0. The highest BCUT2D eigenvalue weighted by atomic mass is 127. The summed E-state index contributed by atoms with van der Waals surface area (Å²) in [6, 6.07) is 4.40. The molecule has 0 atom stereocenters. The SMILES string of the molecule is O=c1c(I)n[nH]c2cccc(F)c12. The summed E-state index contributed by atoms with van der Waals surface area (Å²) in [4.78, 5) is 11.4. The third-order valence-electron chi connectivity index (χ3n) is 1.70. The normalized spacial score (nSPS) is 10.6. The first-order valence-corrected chi connectivity index (χ1v) is 4.60. The third-order valence-corrected chi connectivity index (χ3v) is 2.43. The van der Waals surface area contributed by atoms with Gasteiger partial charge in [-0.25, -0.2) is 4.39 Å². The zero-order valence-corrected chi connectivity index (χ0v) is 8.50. The van der Waals surface area contributed by atoms with Crippen LogP contribution in [-0.2, 0) is 0 Å². The molecule has 1 N–H and O–H groups in total. The molecule has 5 heteroatoms. The molecule has 0 spiro atoms. The fourth-order valence-electron chi connectivity index (χ4n) is 1.11. The van der Waals surface area contributed by atoms with Crippen LogP contribution in [0.2, 0.25) is 0 Å². The Bertz CT molecular complexity index is 523. The molecular formula is C8H4FIN2O. The van der Waals surface area contributed by atoms with E-state index in [9.17, 15) is 9.18 Å². The first-order chi connectivity index (χ1) is 6.20. The average Bonchev–Trinajstić information content (AvgIpc) is 2.12. The molecule has 13 heavy (non-hydrogen) atoms. The van der Waals surface area contributed by atoms with Crippen molar-refractivity contribution in [2.24, 2.45) is 0 Å². The molecule has 0 fully saturated rings. The molecule has 0 unspecified atom stereocenters. The van der Waals surface area contributed by atoms with E-state index in [2.05, 4.69) is 10.2 Å². The van der Waals surface area contributed by atoms with Gasteiger partial charge in [-0.15, -0.1) is 0 Å². The molecule has 2 rings (SSSR count). The van der Waals surface area contributed by atoms with E-state index >= 15 is 0 Å². The predicted octanol–water partition coefficient (Wildman–Crippen LogP) is 1.67. The Morgan fingerprint density at radius 3 is 3.00 bits per heavy atom. The quantitative estimate of drug-likeness (QED) is 0.750. The van der Waals surface area contributed by atoms with E-state index in [-0.39, 0.29) is 14.5 Å². The van der Waals surface area contributed by atoms with Crippen molar-refractivity contribution in [3.8, 4) is 0 Å². The van der Waals surface area contributed by atoms with Crippen molar-refractivity contribution in [3.63, 3.8) is 0 Å². The van der Waals surface area contributed by atoms with Crippen molar-refractivity contribution in [2.45, 2.75) is 0 Å². The summed E-state index contributed by atoms with van der Waals surface area (Å²) in [5.41, 5.74) is 0.0536. The smallest absolute Gasteiger partial charge is 0.224 e. The van der Waals surface area contributed by atoms with Crippen LogP contribution in [0.5, 0.6) is 0 Å². The number of nitrogens with zero attached hydrogens (tertiary/aromatic N) is 1. The van der Waals surface area contributed by atoms with Gasteiger partial charge in [0.25, 0.3) is 0 Å². The number of aromatic amines is 1. The van der Waals surface area contributed by atoms with Crippen LogP contribution in [0, 0.1) is 9.52 Å². The second-order valence-corrected chi connectivity index (χ2v) is 3.53. The number of halogens is 2. The van der Waals surface area contributed by atoms with Crippen LogP contribution in [0.15, 0.2) is 23.0 Å². The minimum absolute atomic E-state index is 0.0712. The van der Waals surface area contributed by atoms with Crippen molar-refractivity contribution >= 4 is 33.5 Å². The lowest BCUT2D eigenvalue weighted by Crippen LogP contribution is -2.11. The van der Waals surface area contributed by atoms with Crippen LogP contribution < -0.4 is 5.43 Å². The van der Waals surface area contributed by atoms with Gasteiger partial charge in [-0.2, -0.15) is 5.10 Å². The third kappa shape index (κ3) is 1.32. The maximum absolute atomic E-state index is 13.2. The Morgan fingerprint density at radius 1 is 1.46 bits per heavy atom. The number of rotatable bonds is 0. The molecule has 3 nitrogen and oxygen atoms in total. The number of aromatic nitrogens is 2. The Morgan fingerprint density at radius 2 is 2.23 bits per heavy atom. The van der Waals surface area contributed by atoms with Crippen LogP contribution in [0.3, 0.4) is 0 Å². The standard InChI is InChI=1S/C8H4FIN2O/c9-4-2-1-3-5-6(4)7(13)8(10)12-11-5/h1-3H,(H,11,13). The van der Waals surface area contributed by atoms with Crippen molar-refractivity contribution in [2.75, 3.05) is 0 Å². The van der Waals surface area contributed by atoms with Crippen molar-refractivity contribution < 1.29 is 4.39 Å². The number of benzene rings is 1. The molecular weight excluding hydrogens is 286 g/mol. The van der Waals surface area contributed by atoms with Gasteiger partial charge < -0.3 is 0 Å². The lowest BCUT2D eigenvalue weighted by atomic mass is 10.2. The number of hydrogen-bond acceptors (Lipinski definition) is 2. The molecule has 2 aromatic rings. The molecule has 66 valence electrons. The zero-order chi connectivity index (χ0) is 9.42. The number of fused-ring (bicyclic) bond motifs is 1. The minimum atomic E-state index is -0.515. The van der Waals surface area contributed by atoms with E-state index in [0.717, 1.165) is 0 Å². The van der Waals surface area contributed by atoms with Gasteiger partial charge in [0, 0.05) is 0 Å². The molecule has 0 saturated heterocycles. The number of nitrogens with one attached hydrogen (secondary N) is 1. The Balaban J connectivity index is 3.06. The van der Waals surface area contributed by atoms with Gasteiger partial charge in [-0.3, -0.25) is 9.89 Å². The lowest BCUT2D eigenvalue weighted by molar-refractivity contribution is 0.638. The van der Waals surface area contributed by atoms with Gasteiger partial charge in [-0.05, 0) is 34.7 Å². The summed E-state index contributed by atoms with van der Waals surface area (Å²) < 4.78 is 13.4. The molecule has 1 aromatic heterocycles. The summed E-state index contributed by atoms with van der Waals surface area (Å²) in [5.74, 6) is -0.515. The molecule has 1 aromatic carbocycles. The summed E-state index contributed by atoms with van der Waals surface area (Å²) in [7, 11) is 0. The van der Waals surface area contributed by atoms with E-state index in [1.54, 1.807) is 28.7 Å². The first kappa shape index (κ1) is 8.61. The zero-order valence-electron chi connectivity index (χ0n) is 6.34. The Kier molecular flexibility index (Phi) is 2.03. The van der Waals surface area contributed by atoms with Gasteiger partial charge in [0.05, 0.1) is 10.9 Å². The van der Waals surface area contributed by atoms with Crippen molar-refractivity contribution in [1.82, 2.24) is 10.2 Å². The Labute approximate surface area is 86.1 Å². The fourth-order valence-corrected chi connectivity index (χ4v) is 1.50. The van der Waals surface area contributed by atoms with Crippen LogP contribution >= 0.6 is 22.6 Å². The van der Waals surface area contributed by atoms with Gasteiger partial charge >= 0.3 is 0 Å². The largest absolute Gasteiger partial charge is 0.286 e. The summed E-state index contributed by atoms with van der Waals surface area (Å²) >= 11 is 1.77. The van der Waals surface area contributed by atoms with Gasteiger partial charge in [0.15, 0.2) is 3.70 Å². The fraction of sp³-hybridized carbons (Fsp3) is 0. The van der Waals surface area contributed by atoms with Crippen LogP contribution in [-0.4, -0.2) is 10.2 Å². The second-order valence-electron chi connectivity index (χ2n) is 2.51. The molecule has 0 bridgehead atoms. The summed E-state index contributed by atoms with van der Waals surface area (Å²) in [6.07, 6.45) is 0. The number of hydrogen-bond donors (Lipinski definition) is 1. The maximum atomic E-state index is 13.2. The first-order valence-electron chi connectivity index (χ1n) is 3.52. The monoisotopic (exact) mass is 290 g/mol. The topological polar surface area (TPSA) is 45.8 Å². The lowest BCUT2D eigenvalue weighted by Gasteiger charge is -1.97. The number of H-pyrrole nitrogens is 1. The molecule has 0 saturated carbocycles. The van der Waals surface area contributed by atoms with E-state index < -0.39 is 5.82 Å². The van der Waals surface area contributed by atoms with Crippen LogP contribution in [0.1, 0.15) is 0 Å². The van der Waals surface area contributed by atoms with Crippen molar-refractivity contribution in [3.05, 3.63) is 37.9 Å². The highest BCUT2D eigenvalue weighted by molar-refractivity contribution is 14.1. The molecule has 1 heterocycles. The van der Waals surface area contributed by atoms with E-state index in [0.29, 0.717) is 5.52 Å². The maximum Gasteiger partial charge on any atom is 0.224 e. The predicted molar refractivity (Wildman–Crippen MR) is 55.0 cm³/mol. The van der Waals surface area contributed by atoms with Crippen LogP contribution in [0.4, 0.5) is 4.39 Å². The minimum Gasteiger partial charge on any atom is -0.286 e. The Hall–Kier alpha value is -0.980.